The summed E-state index contributed by atoms with van der Waals surface area (Å²) in [7, 11) is 0. The standard InChI is InChI=1S/C26H29N3O3S/c1-3-16-31-17-7-5-4-6-12-29-13-10-22(11-14-29)8-9-24-19-23(21-32-18-15-30)26(33-24)25(20-27)28-2/h1,8-11,13-14,19,30H,4-7,12,15-18,21H2/b24-9+,26-25-. The molecule has 0 saturated heterocycles. The summed E-state index contributed by atoms with van der Waals surface area (Å²) in [6.45, 7) is 9.74. The molecule has 0 aromatic carbocycles. The molecule has 0 spiro atoms. The van der Waals surface area contributed by atoms with E-state index in [0.29, 0.717) is 11.1 Å². The number of nitriles is 1. The second-order valence-corrected chi connectivity index (χ2v) is 8.31. The molecule has 2 heterocycles. The Morgan fingerprint density at radius 1 is 1.18 bits per heavy atom. The van der Waals surface area contributed by atoms with Gasteiger partial charge in [-0.25, -0.2) is 10.1 Å². The Morgan fingerprint density at radius 2 is 1.97 bits per heavy atom. The third kappa shape index (κ3) is 9.49. The molecule has 172 valence electrons. The number of terminal acetylenes is 1. The average Bonchev–Trinajstić information content (AvgIpc) is 3.24. The topological polar surface area (TPSA) is 70.1 Å². The van der Waals surface area contributed by atoms with Crippen LogP contribution in [0.1, 0.15) is 31.2 Å². The Balaban J connectivity index is 1.93. The quantitative estimate of drug-likeness (QED) is 0.277. The number of aliphatic hydroxyl groups excluding tert-OH is 1. The number of nitrogens with zero attached hydrogens (tertiary/aromatic N) is 3. The molecule has 6 nitrogen and oxygen atoms in total. The van der Waals surface area contributed by atoms with E-state index in [-0.39, 0.29) is 25.5 Å². The molecule has 33 heavy (non-hydrogen) atoms. The van der Waals surface area contributed by atoms with Crippen LogP contribution < -0.4 is 9.06 Å². The summed E-state index contributed by atoms with van der Waals surface area (Å²) >= 11 is 1.39. The van der Waals surface area contributed by atoms with Crippen molar-refractivity contribution >= 4 is 23.1 Å². The number of hydrogen-bond donors (Lipinski definition) is 1. The van der Waals surface area contributed by atoms with Crippen LogP contribution in [0.2, 0.25) is 0 Å². The molecule has 1 N–H and O–H groups in total. The van der Waals surface area contributed by atoms with Gasteiger partial charge in [-0.1, -0.05) is 24.8 Å². The van der Waals surface area contributed by atoms with Crippen molar-refractivity contribution in [3.63, 3.8) is 0 Å². The Labute approximate surface area is 199 Å². The van der Waals surface area contributed by atoms with Crippen LogP contribution in [0.5, 0.6) is 0 Å². The molecular weight excluding hydrogens is 434 g/mol. The van der Waals surface area contributed by atoms with Gasteiger partial charge in [0, 0.05) is 30.1 Å². The van der Waals surface area contributed by atoms with Crippen LogP contribution >= 0.6 is 11.3 Å². The Bertz CT molecular complexity index is 1060. The molecule has 0 radical (unpaired) electrons. The third-order valence-corrected chi connectivity index (χ3v) is 5.90. The van der Waals surface area contributed by atoms with Crippen molar-refractivity contribution in [1.29, 1.82) is 5.26 Å². The first-order chi connectivity index (χ1) is 16.2. The van der Waals surface area contributed by atoms with E-state index < -0.39 is 0 Å². The minimum Gasteiger partial charge on any atom is -0.394 e. The van der Waals surface area contributed by atoms with Crippen molar-refractivity contribution in [2.45, 2.75) is 32.3 Å². The van der Waals surface area contributed by atoms with Gasteiger partial charge in [0.05, 0.1) is 37.0 Å². The minimum absolute atomic E-state index is 0.0584. The molecule has 0 atom stereocenters. The summed E-state index contributed by atoms with van der Waals surface area (Å²) in [5.74, 6) is 2.47. The van der Waals surface area contributed by atoms with Gasteiger partial charge in [-0.05, 0) is 48.3 Å². The maximum absolute atomic E-state index is 9.25. The number of rotatable bonds is 13. The maximum atomic E-state index is 9.25. The van der Waals surface area contributed by atoms with Crippen LogP contribution in [-0.4, -0.2) is 43.0 Å². The van der Waals surface area contributed by atoms with Gasteiger partial charge in [0.1, 0.15) is 6.61 Å². The summed E-state index contributed by atoms with van der Waals surface area (Å²) in [5.41, 5.74) is 1.91. The fourth-order valence-electron chi connectivity index (χ4n) is 3.10. The summed E-state index contributed by atoms with van der Waals surface area (Å²) in [4.78, 5) is 5.51. The predicted molar refractivity (Wildman–Crippen MR) is 132 cm³/mol. The lowest BCUT2D eigenvalue weighted by Gasteiger charge is -2.18. The van der Waals surface area contributed by atoms with Crippen molar-refractivity contribution < 1.29 is 14.6 Å². The third-order valence-electron chi connectivity index (χ3n) is 4.75. The van der Waals surface area contributed by atoms with Gasteiger partial charge in [-0.15, -0.1) is 17.8 Å². The number of thiophene rings is 1. The molecule has 1 aliphatic rings. The highest BCUT2D eigenvalue weighted by Crippen LogP contribution is 2.11. The van der Waals surface area contributed by atoms with Crippen molar-refractivity contribution in [2.75, 3.05) is 33.0 Å². The Kier molecular flexibility index (Phi) is 12.4. The highest BCUT2D eigenvalue weighted by Gasteiger charge is 2.06. The normalized spacial score (nSPS) is 14.1. The van der Waals surface area contributed by atoms with E-state index in [2.05, 4.69) is 40.2 Å². The largest absolute Gasteiger partial charge is 0.394 e. The molecule has 2 rings (SSSR count). The Hall–Kier alpha value is -3.12. The van der Waals surface area contributed by atoms with Crippen LogP contribution in [0.3, 0.4) is 0 Å². The monoisotopic (exact) mass is 463 g/mol. The Morgan fingerprint density at radius 3 is 2.67 bits per heavy atom. The number of unbranched alkanes of at least 4 members (excludes halogenated alkanes) is 3. The molecule has 1 aromatic heterocycles. The van der Waals surface area contributed by atoms with Crippen LogP contribution in [0, 0.1) is 30.2 Å². The van der Waals surface area contributed by atoms with Crippen molar-refractivity contribution in [2.24, 2.45) is 0 Å². The lowest BCUT2D eigenvalue weighted by Crippen LogP contribution is -2.13. The summed E-state index contributed by atoms with van der Waals surface area (Å²) in [6, 6.07) is 3.88. The fraction of sp³-hybridized carbons (Fsp3) is 0.385. The van der Waals surface area contributed by atoms with E-state index in [4.69, 9.17) is 27.6 Å². The summed E-state index contributed by atoms with van der Waals surface area (Å²) in [5, 5.41) is 18.2. The minimum atomic E-state index is -0.0695. The second kappa shape index (κ2) is 15.6. The van der Waals surface area contributed by atoms with Gasteiger partial charge >= 0.3 is 0 Å². The smallest absolute Gasteiger partial charge is 0.279 e. The molecule has 0 saturated carbocycles. The van der Waals surface area contributed by atoms with Gasteiger partial charge in [0.25, 0.3) is 5.70 Å². The predicted octanol–water partition coefficient (Wildman–Crippen LogP) is 3.07. The van der Waals surface area contributed by atoms with Crippen LogP contribution in [-0.2, 0) is 16.1 Å². The zero-order valence-electron chi connectivity index (χ0n) is 18.7. The zero-order valence-corrected chi connectivity index (χ0v) is 19.5. The van der Waals surface area contributed by atoms with Crippen molar-refractivity contribution in [1.82, 2.24) is 4.90 Å². The summed E-state index contributed by atoms with van der Waals surface area (Å²) in [6.07, 6.45) is 21.9. The van der Waals surface area contributed by atoms with E-state index >= 15 is 0 Å². The lowest BCUT2D eigenvalue weighted by molar-refractivity contribution is 0.0814. The maximum Gasteiger partial charge on any atom is 0.279 e. The molecule has 1 aliphatic heterocycles. The molecular formula is C26H29N3O3S. The van der Waals surface area contributed by atoms with E-state index in [1.54, 1.807) is 0 Å². The van der Waals surface area contributed by atoms with E-state index in [9.17, 15) is 5.26 Å². The molecule has 7 heteroatoms. The SMILES string of the molecule is [C-]#[N+]/C(C#N)=c1\s/c(=C/C=C2C=CN(CCCCCCOCC#C)C=C2)cc1COCCO. The zero-order chi connectivity index (χ0) is 23.7. The second-order valence-electron chi connectivity index (χ2n) is 7.23. The van der Waals surface area contributed by atoms with E-state index in [0.717, 1.165) is 54.5 Å². The number of allylic oxidation sites excluding steroid dienone is 4. The number of hydrogen-bond acceptors (Lipinski definition) is 6. The number of ether oxygens (including phenoxy) is 2. The first kappa shape index (κ1) is 26.1. The van der Waals surface area contributed by atoms with E-state index in [1.165, 1.54) is 11.3 Å². The molecule has 0 amide bonds. The van der Waals surface area contributed by atoms with Gasteiger partial charge in [0.2, 0.25) is 0 Å². The van der Waals surface area contributed by atoms with Crippen LogP contribution in [0.4, 0.5) is 0 Å². The highest BCUT2D eigenvalue weighted by molar-refractivity contribution is 7.08. The average molecular weight is 464 g/mol. The van der Waals surface area contributed by atoms with E-state index in [1.807, 2.05) is 24.3 Å². The molecule has 0 aliphatic carbocycles. The molecule has 1 aromatic rings. The van der Waals surface area contributed by atoms with Crippen LogP contribution in [0.25, 0.3) is 16.6 Å². The van der Waals surface area contributed by atoms with Gasteiger partial charge < -0.3 is 19.5 Å². The molecule has 0 unspecified atom stereocenters. The number of aliphatic hydroxyl groups is 1. The highest BCUT2D eigenvalue weighted by atomic mass is 32.1. The summed E-state index contributed by atoms with van der Waals surface area (Å²) < 4.78 is 12.2. The first-order valence-corrected chi connectivity index (χ1v) is 11.7. The molecule has 0 fully saturated rings. The lowest BCUT2D eigenvalue weighted by atomic mass is 10.1. The molecule has 0 bridgehead atoms. The van der Waals surface area contributed by atoms with Crippen molar-refractivity contribution in [3.8, 4) is 18.4 Å². The van der Waals surface area contributed by atoms with Gasteiger partial charge in [0.15, 0.2) is 0 Å². The van der Waals surface area contributed by atoms with Crippen LogP contribution in [0.15, 0.2) is 42.3 Å². The van der Waals surface area contributed by atoms with Gasteiger partial charge in [-0.2, -0.15) is 0 Å². The fourth-order valence-corrected chi connectivity index (χ4v) is 4.11. The van der Waals surface area contributed by atoms with Gasteiger partial charge in [-0.3, -0.25) is 0 Å². The van der Waals surface area contributed by atoms with Crippen molar-refractivity contribution in [3.05, 3.63) is 68.3 Å². The first-order valence-electron chi connectivity index (χ1n) is 10.9.